The molecule has 2 rings (SSSR count). The Morgan fingerprint density at radius 1 is 0.969 bits per heavy atom. The number of aliphatic imine (C=N–C) groups is 2. The third-order valence-electron chi connectivity index (χ3n) is 4.63. The largest absolute Gasteiger partial charge is 0.491 e. The molecule has 0 aliphatic heterocycles. The Kier molecular flexibility index (Phi) is 9.22. The van der Waals surface area contributed by atoms with Gasteiger partial charge < -0.3 is 14.2 Å². The van der Waals surface area contributed by atoms with Gasteiger partial charge in [-0.1, -0.05) is 12.1 Å². The lowest BCUT2D eigenvalue weighted by atomic mass is 10.0. The molecule has 0 saturated carbocycles. The molecule has 8 heteroatoms. The van der Waals surface area contributed by atoms with Crippen molar-refractivity contribution in [3.05, 3.63) is 64.7 Å². The lowest BCUT2D eigenvalue weighted by Gasteiger charge is -2.13. The number of hydrogen-bond donors (Lipinski definition) is 0. The molecule has 0 fully saturated rings. The minimum absolute atomic E-state index is 0.149. The average molecular weight is 444 g/mol. The Balaban J connectivity index is 2.67. The summed E-state index contributed by atoms with van der Waals surface area (Å²) >= 11 is 0. The van der Waals surface area contributed by atoms with Gasteiger partial charge in [-0.05, 0) is 50.7 Å². The quantitative estimate of drug-likeness (QED) is 0.219. The number of benzene rings is 2. The molecule has 0 amide bonds. The Bertz CT molecular complexity index is 1010. The Morgan fingerprint density at radius 2 is 1.56 bits per heavy atom. The number of methoxy groups -OCH3 is 3. The predicted octanol–water partition coefficient (Wildman–Crippen LogP) is 5.17. The number of hydrogen-bond acceptors (Lipinski definition) is 6. The van der Waals surface area contributed by atoms with Crippen LogP contribution in [0.1, 0.15) is 41.3 Å². The van der Waals surface area contributed by atoms with Crippen LogP contribution in [0.5, 0.6) is 5.75 Å². The topological polar surface area (TPSA) is 69.5 Å². The van der Waals surface area contributed by atoms with E-state index in [1.807, 2.05) is 6.92 Å². The number of nitrogens with zero attached hydrogens (tertiary/aromatic N) is 2. The number of halogens is 2. The van der Waals surface area contributed by atoms with Crippen molar-refractivity contribution in [2.24, 2.45) is 9.98 Å². The molecule has 0 aliphatic carbocycles. The predicted molar refractivity (Wildman–Crippen MR) is 121 cm³/mol. The van der Waals surface area contributed by atoms with Gasteiger partial charge in [0.15, 0.2) is 17.4 Å². The van der Waals surface area contributed by atoms with E-state index in [1.165, 1.54) is 14.2 Å². The summed E-state index contributed by atoms with van der Waals surface area (Å²) in [5, 5.41) is 0. The van der Waals surface area contributed by atoms with Crippen molar-refractivity contribution in [3.8, 4) is 5.75 Å². The maximum Gasteiger partial charge on any atom is 0.337 e. The van der Waals surface area contributed by atoms with Crippen molar-refractivity contribution in [1.29, 1.82) is 0 Å². The lowest BCUT2D eigenvalue weighted by molar-refractivity contribution is 0.0600. The van der Waals surface area contributed by atoms with E-state index in [0.717, 1.165) is 24.3 Å². The summed E-state index contributed by atoms with van der Waals surface area (Å²) in [6.07, 6.45) is 1.40. The first-order chi connectivity index (χ1) is 15.4. The Hall–Kier alpha value is -3.39. The van der Waals surface area contributed by atoms with Gasteiger partial charge in [0.2, 0.25) is 0 Å². The van der Waals surface area contributed by atoms with Crippen molar-refractivity contribution in [2.45, 2.75) is 19.8 Å². The van der Waals surface area contributed by atoms with Gasteiger partial charge in [0.05, 0.1) is 31.2 Å². The molecule has 0 bridgehead atoms. The minimum Gasteiger partial charge on any atom is -0.491 e. The van der Waals surface area contributed by atoms with Crippen molar-refractivity contribution in [1.82, 2.24) is 0 Å². The number of ether oxygens (including phenoxy) is 3. The highest BCUT2D eigenvalue weighted by molar-refractivity contribution is 5.98. The summed E-state index contributed by atoms with van der Waals surface area (Å²) in [7, 11) is 4.10. The van der Waals surface area contributed by atoms with Crippen LogP contribution in [-0.4, -0.2) is 46.3 Å². The van der Waals surface area contributed by atoms with E-state index in [-0.39, 0.29) is 11.3 Å². The smallest absolute Gasteiger partial charge is 0.337 e. The van der Waals surface area contributed by atoms with E-state index in [2.05, 4.69) is 16.7 Å². The molecule has 2 aromatic carbocycles. The number of carbonyl (C=O) groups excluding carboxylic acids is 1. The number of esters is 1. The van der Waals surface area contributed by atoms with Gasteiger partial charge in [-0.15, -0.1) is 0 Å². The maximum atomic E-state index is 14.4. The Labute approximate surface area is 186 Å². The van der Waals surface area contributed by atoms with Gasteiger partial charge in [-0.2, -0.15) is 0 Å². The lowest BCUT2D eigenvalue weighted by Crippen LogP contribution is -2.02. The van der Waals surface area contributed by atoms with Crippen LogP contribution >= 0.6 is 0 Å². The molecular weight excluding hydrogens is 418 g/mol. The molecule has 0 aliphatic rings. The zero-order valence-corrected chi connectivity index (χ0v) is 18.6. The van der Waals surface area contributed by atoms with Crippen LogP contribution in [0.2, 0.25) is 0 Å². The molecule has 2 aromatic rings. The van der Waals surface area contributed by atoms with E-state index in [9.17, 15) is 13.6 Å². The highest BCUT2D eigenvalue weighted by Crippen LogP contribution is 2.33. The summed E-state index contributed by atoms with van der Waals surface area (Å²) in [6.45, 7) is 5.99. The third kappa shape index (κ3) is 6.07. The fraction of sp³-hybridized carbons (Fsp3) is 0.292. The molecule has 6 nitrogen and oxygen atoms in total. The molecule has 0 spiro atoms. The van der Waals surface area contributed by atoms with Crippen LogP contribution in [-0.2, 0) is 9.47 Å². The molecule has 0 heterocycles. The molecule has 0 unspecified atom stereocenters. The Morgan fingerprint density at radius 3 is 2.06 bits per heavy atom. The third-order valence-corrected chi connectivity index (χ3v) is 4.63. The molecule has 0 atom stereocenters. The van der Waals surface area contributed by atoms with Gasteiger partial charge in [0, 0.05) is 30.6 Å². The summed E-state index contributed by atoms with van der Waals surface area (Å²) in [6, 6.07) is 8.71. The van der Waals surface area contributed by atoms with E-state index in [1.54, 1.807) is 31.4 Å². The average Bonchev–Trinajstić information content (AvgIpc) is 2.78. The van der Waals surface area contributed by atoms with Gasteiger partial charge in [-0.25, -0.2) is 13.6 Å². The summed E-state index contributed by atoms with van der Waals surface area (Å²) in [5.74, 6) is -2.71. The van der Waals surface area contributed by atoms with E-state index in [0.29, 0.717) is 29.9 Å². The van der Waals surface area contributed by atoms with Crippen molar-refractivity contribution < 1.29 is 27.8 Å². The second-order valence-corrected chi connectivity index (χ2v) is 6.84. The van der Waals surface area contributed by atoms with Crippen molar-refractivity contribution >= 4 is 29.8 Å². The number of rotatable bonds is 10. The van der Waals surface area contributed by atoms with Crippen LogP contribution in [0.25, 0.3) is 11.4 Å². The molecule has 32 heavy (non-hydrogen) atoms. The maximum absolute atomic E-state index is 14.4. The first kappa shape index (κ1) is 24.9. The van der Waals surface area contributed by atoms with Crippen LogP contribution in [0.3, 0.4) is 0 Å². The molecule has 170 valence electrons. The fourth-order valence-corrected chi connectivity index (χ4v) is 3.05. The van der Waals surface area contributed by atoms with Crippen LogP contribution < -0.4 is 4.74 Å². The van der Waals surface area contributed by atoms with Crippen molar-refractivity contribution in [3.63, 3.8) is 0 Å². The van der Waals surface area contributed by atoms with Crippen molar-refractivity contribution in [2.75, 3.05) is 27.9 Å². The second-order valence-electron chi connectivity index (χ2n) is 6.84. The molecular formula is C24H26F2N2O4. The zero-order valence-electron chi connectivity index (χ0n) is 18.6. The normalized spacial score (nSPS) is 12.2. The van der Waals surface area contributed by atoms with Crippen LogP contribution in [0.15, 0.2) is 46.4 Å². The van der Waals surface area contributed by atoms with E-state index < -0.39 is 23.4 Å². The SMILES string of the molecule is C=N/C(=C(\N=C(C)CCCOC)c1ccc(C(=O)OC)cc1)c1cc(F)c(OC)c(F)c1. The van der Waals surface area contributed by atoms with E-state index in [4.69, 9.17) is 14.2 Å². The summed E-state index contributed by atoms with van der Waals surface area (Å²) in [5.41, 5.74) is 2.40. The highest BCUT2D eigenvalue weighted by atomic mass is 19.1. The molecule has 0 saturated heterocycles. The van der Waals surface area contributed by atoms with Crippen LogP contribution in [0.4, 0.5) is 8.78 Å². The zero-order chi connectivity index (χ0) is 23.7. The first-order valence-electron chi connectivity index (χ1n) is 9.82. The molecule has 0 N–H and O–H groups in total. The highest BCUT2D eigenvalue weighted by Gasteiger charge is 2.18. The van der Waals surface area contributed by atoms with Crippen LogP contribution in [0, 0.1) is 11.6 Å². The monoisotopic (exact) mass is 444 g/mol. The van der Waals surface area contributed by atoms with Gasteiger partial charge in [-0.3, -0.25) is 9.98 Å². The summed E-state index contributed by atoms with van der Waals surface area (Å²) in [4.78, 5) is 20.5. The van der Waals surface area contributed by atoms with E-state index >= 15 is 0 Å². The van der Waals surface area contributed by atoms with Gasteiger partial charge >= 0.3 is 5.97 Å². The molecule has 0 radical (unpaired) electrons. The second kappa shape index (κ2) is 11.9. The summed E-state index contributed by atoms with van der Waals surface area (Å²) < 4.78 is 43.3. The first-order valence-corrected chi connectivity index (χ1v) is 9.82. The minimum atomic E-state index is -0.871. The number of carbonyl (C=O) groups is 1. The fourth-order valence-electron chi connectivity index (χ4n) is 3.05. The molecule has 0 aromatic heterocycles. The van der Waals surface area contributed by atoms with Gasteiger partial charge in [0.25, 0.3) is 0 Å². The van der Waals surface area contributed by atoms with Gasteiger partial charge in [0.1, 0.15) is 0 Å². The standard InChI is InChI=1S/C24H26F2N2O4/c1-15(7-6-12-30-3)28-22(16-8-10-17(11-9-16)24(29)32-5)21(27-2)18-13-19(25)23(31-4)20(26)14-18/h8-11,13-14H,2,6-7,12H2,1,3-5H3/b22-21-,28-15?.